The molecule has 138 valence electrons. The Morgan fingerprint density at radius 3 is 2.44 bits per heavy atom. The highest BCUT2D eigenvalue weighted by Gasteiger charge is 2.12. The monoisotopic (exact) mass is 384 g/mol. The number of esters is 2. The molecule has 1 atom stereocenters. The second-order valence-corrected chi connectivity index (χ2v) is 7.35. The molecule has 1 rings (SSSR count). The van der Waals surface area contributed by atoms with Crippen molar-refractivity contribution in [1.29, 1.82) is 0 Å². The summed E-state index contributed by atoms with van der Waals surface area (Å²) in [5, 5.41) is 9.60. The third-order valence-electron chi connectivity index (χ3n) is 3.07. The molecule has 1 unspecified atom stereocenters. The van der Waals surface area contributed by atoms with Gasteiger partial charge < -0.3 is 14.6 Å². The van der Waals surface area contributed by atoms with Gasteiger partial charge in [0.1, 0.15) is 19.3 Å². The number of thioether (sulfide) groups is 2. The van der Waals surface area contributed by atoms with Crippen LogP contribution in [-0.2, 0) is 24.8 Å². The van der Waals surface area contributed by atoms with Crippen molar-refractivity contribution in [2.75, 3.05) is 25.2 Å². The fourth-order valence-corrected chi connectivity index (χ4v) is 2.96. The van der Waals surface area contributed by atoms with E-state index >= 15 is 0 Å². The molecule has 0 aromatic heterocycles. The lowest BCUT2D eigenvalue weighted by Gasteiger charge is -2.12. The van der Waals surface area contributed by atoms with Gasteiger partial charge in [-0.3, -0.25) is 4.79 Å². The van der Waals surface area contributed by atoms with Crippen LogP contribution in [0.15, 0.2) is 41.3 Å². The fraction of sp³-hybridized carbons (Fsp3) is 0.444. The molecular formula is C18H24O5S2. The van der Waals surface area contributed by atoms with Crippen molar-refractivity contribution in [3.63, 3.8) is 0 Å². The van der Waals surface area contributed by atoms with Crippen LogP contribution in [0.4, 0.5) is 0 Å². The van der Waals surface area contributed by atoms with E-state index < -0.39 is 12.1 Å². The molecule has 0 bridgehead atoms. The zero-order valence-electron chi connectivity index (χ0n) is 14.5. The number of rotatable bonds is 11. The topological polar surface area (TPSA) is 72.8 Å². The van der Waals surface area contributed by atoms with E-state index in [2.05, 4.69) is 30.8 Å². The molecule has 0 heterocycles. The molecule has 7 heteroatoms. The molecule has 0 fully saturated rings. The van der Waals surface area contributed by atoms with Crippen LogP contribution >= 0.6 is 23.5 Å². The highest BCUT2D eigenvalue weighted by Crippen LogP contribution is 2.18. The third kappa shape index (κ3) is 9.57. The van der Waals surface area contributed by atoms with Gasteiger partial charge in [-0.05, 0) is 30.9 Å². The number of carbonyl (C=O) groups excluding carboxylic acids is 2. The van der Waals surface area contributed by atoms with E-state index in [1.807, 2.05) is 6.26 Å². The minimum absolute atomic E-state index is 0.191. The number of hydrogen-bond acceptors (Lipinski definition) is 7. The van der Waals surface area contributed by atoms with Gasteiger partial charge in [0.05, 0.1) is 6.42 Å². The van der Waals surface area contributed by atoms with Crippen molar-refractivity contribution >= 4 is 35.5 Å². The number of aliphatic hydroxyl groups is 1. The van der Waals surface area contributed by atoms with Crippen molar-refractivity contribution in [2.24, 2.45) is 0 Å². The Hall–Kier alpha value is -1.44. The summed E-state index contributed by atoms with van der Waals surface area (Å²) in [4.78, 5) is 24.0. The maximum absolute atomic E-state index is 11.6. The molecule has 0 amide bonds. The standard InChI is InChI=1S/C18H24O5S2/c1-13(2)18(21)23-11-15(19)10-22-17(20)8-9-25-12-14-4-6-16(24-3)7-5-14/h4-7,15,19H,1,8-12H2,2-3H3. The van der Waals surface area contributed by atoms with Crippen LogP contribution in [0.25, 0.3) is 0 Å². The number of ether oxygens (including phenoxy) is 2. The van der Waals surface area contributed by atoms with Crippen LogP contribution in [0.2, 0.25) is 0 Å². The Morgan fingerprint density at radius 2 is 1.84 bits per heavy atom. The van der Waals surface area contributed by atoms with Gasteiger partial charge in [-0.15, -0.1) is 11.8 Å². The van der Waals surface area contributed by atoms with Crippen molar-refractivity contribution in [2.45, 2.75) is 30.1 Å². The fourth-order valence-electron chi connectivity index (χ4n) is 1.67. The summed E-state index contributed by atoms with van der Waals surface area (Å²) >= 11 is 3.35. The Balaban J connectivity index is 2.11. The van der Waals surface area contributed by atoms with Gasteiger partial charge in [-0.25, -0.2) is 4.79 Å². The lowest BCUT2D eigenvalue weighted by molar-refractivity contribution is -0.150. The average Bonchev–Trinajstić information content (AvgIpc) is 2.61. The zero-order valence-corrected chi connectivity index (χ0v) is 16.2. The molecule has 0 spiro atoms. The van der Waals surface area contributed by atoms with Crippen molar-refractivity contribution in [3.8, 4) is 0 Å². The highest BCUT2D eigenvalue weighted by molar-refractivity contribution is 7.98. The molecule has 1 N–H and O–H groups in total. The Kier molecular flexibility index (Phi) is 10.4. The van der Waals surface area contributed by atoms with Gasteiger partial charge in [0, 0.05) is 22.0 Å². The predicted molar refractivity (Wildman–Crippen MR) is 102 cm³/mol. The molecule has 0 aliphatic rings. The summed E-state index contributed by atoms with van der Waals surface area (Å²) in [6.45, 7) is 4.54. The first-order chi connectivity index (χ1) is 11.9. The Labute approximate surface area is 157 Å². The zero-order chi connectivity index (χ0) is 18.7. The van der Waals surface area contributed by atoms with Crippen molar-refractivity contribution in [3.05, 3.63) is 42.0 Å². The Morgan fingerprint density at radius 1 is 1.20 bits per heavy atom. The van der Waals surface area contributed by atoms with E-state index in [0.717, 1.165) is 5.75 Å². The summed E-state index contributed by atoms with van der Waals surface area (Å²) in [6.07, 6.45) is 1.28. The minimum Gasteiger partial charge on any atom is -0.463 e. The second kappa shape index (κ2) is 12.0. The smallest absolute Gasteiger partial charge is 0.333 e. The molecule has 1 aromatic carbocycles. The summed E-state index contributed by atoms with van der Waals surface area (Å²) in [7, 11) is 0. The summed E-state index contributed by atoms with van der Waals surface area (Å²) in [5.74, 6) is 0.522. The number of aliphatic hydroxyl groups excluding tert-OH is 1. The summed E-state index contributed by atoms with van der Waals surface area (Å²) < 4.78 is 9.74. The van der Waals surface area contributed by atoms with Crippen LogP contribution < -0.4 is 0 Å². The normalized spacial score (nSPS) is 11.6. The van der Waals surface area contributed by atoms with Crippen molar-refractivity contribution in [1.82, 2.24) is 0 Å². The Bertz CT molecular complexity index is 571. The molecule has 5 nitrogen and oxygen atoms in total. The van der Waals surface area contributed by atoms with Gasteiger partial charge in [-0.2, -0.15) is 11.8 Å². The largest absolute Gasteiger partial charge is 0.463 e. The van der Waals surface area contributed by atoms with E-state index in [-0.39, 0.29) is 31.2 Å². The lowest BCUT2D eigenvalue weighted by atomic mass is 10.2. The lowest BCUT2D eigenvalue weighted by Crippen LogP contribution is -2.25. The summed E-state index contributed by atoms with van der Waals surface area (Å²) in [5.41, 5.74) is 1.47. The van der Waals surface area contributed by atoms with Crippen LogP contribution in [0.3, 0.4) is 0 Å². The van der Waals surface area contributed by atoms with Crippen LogP contribution in [0.5, 0.6) is 0 Å². The first-order valence-electron chi connectivity index (χ1n) is 7.79. The van der Waals surface area contributed by atoms with E-state index in [1.54, 1.807) is 23.5 Å². The maximum atomic E-state index is 11.6. The first kappa shape index (κ1) is 21.6. The molecule has 0 saturated heterocycles. The predicted octanol–water partition coefficient (Wildman–Crippen LogP) is 3.06. The van der Waals surface area contributed by atoms with E-state index in [1.165, 1.54) is 17.4 Å². The van der Waals surface area contributed by atoms with Crippen LogP contribution in [-0.4, -0.2) is 48.4 Å². The van der Waals surface area contributed by atoms with Gasteiger partial charge in [0.15, 0.2) is 0 Å². The summed E-state index contributed by atoms with van der Waals surface area (Å²) in [6, 6.07) is 8.33. The first-order valence-corrected chi connectivity index (χ1v) is 10.2. The number of benzene rings is 1. The molecule has 0 radical (unpaired) electrons. The average molecular weight is 385 g/mol. The maximum Gasteiger partial charge on any atom is 0.333 e. The highest BCUT2D eigenvalue weighted by atomic mass is 32.2. The van der Waals surface area contributed by atoms with Crippen LogP contribution in [0, 0.1) is 0 Å². The molecule has 0 saturated carbocycles. The molecule has 1 aromatic rings. The SMILES string of the molecule is C=C(C)C(=O)OCC(O)COC(=O)CCSCc1ccc(SC)cc1. The molecule has 25 heavy (non-hydrogen) atoms. The van der Waals surface area contributed by atoms with Gasteiger partial charge in [0.25, 0.3) is 0 Å². The van der Waals surface area contributed by atoms with E-state index in [9.17, 15) is 14.7 Å². The minimum atomic E-state index is -1.03. The van der Waals surface area contributed by atoms with Gasteiger partial charge in [0.2, 0.25) is 0 Å². The molecule has 0 aliphatic heterocycles. The number of hydrogen-bond donors (Lipinski definition) is 1. The van der Waals surface area contributed by atoms with Crippen molar-refractivity contribution < 1.29 is 24.2 Å². The van der Waals surface area contributed by atoms with E-state index in [0.29, 0.717) is 5.75 Å². The van der Waals surface area contributed by atoms with Crippen LogP contribution in [0.1, 0.15) is 18.9 Å². The molecular weight excluding hydrogens is 360 g/mol. The molecule has 0 aliphatic carbocycles. The second-order valence-electron chi connectivity index (χ2n) is 5.37. The third-order valence-corrected chi connectivity index (χ3v) is 4.84. The van der Waals surface area contributed by atoms with Gasteiger partial charge in [-0.1, -0.05) is 18.7 Å². The quantitative estimate of drug-likeness (QED) is 0.272. The number of carbonyl (C=O) groups is 2. The van der Waals surface area contributed by atoms with E-state index in [4.69, 9.17) is 9.47 Å². The van der Waals surface area contributed by atoms with Gasteiger partial charge >= 0.3 is 11.9 Å².